The summed E-state index contributed by atoms with van der Waals surface area (Å²) >= 11 is 0. The Balaban J connectivity index is 1.81. The average Bonchev–Trinajstić information content (AvgIpc) is 2.86. The first-order chi connectivity index (χ1) is 9.74. The zero-order valence-electron chi connectivity index (χ0n) is 11.7. The minimum atomic E-state index is 0.270. The maximum Gasteiger partial charge on any atom is 0.127 e. The largest absolute Gasteiger partial charge is 0.508 e. The molecular weight excluding hydrogens is 252 g/mol. The van der Waals surface area contributed by atoms with Gasteiger partial charge in [-0.3, -0.25) is 4.90 Å². The lowest BCUT2D eigenvalue weighted by molar-refractivity contribution is 0.144. The summed E-state index contributed by atoms with van der Waals surface area (Å²) in [6.45, 7) is 3.70. The van der Waals surface area contributed by atoms with Crippen molar-refractivity contribution in [2.45, 2.75) is 12.6 Å². The molecule has 1 fully saturated rings. The lowest BCUT2D eigenvalue weighted by Crippen LogP contribution is -2.46. The third-order valence-corrected chi connectivity index (χ3v) is 3.81. The Labute approximate surface area is 118 Å². The fourth-order valence-corrected chi connectivity index (χ4v) is 2.78. The number of benzene rings is 1. The molecule has 106 valence electrons. The second kappa shape index (κ2) is 5.64. The van der Waals surface area contributed by atoms with Crippen molar-refractivity contribution in [2.24, 2.45) is 7.05 Å². The average molecular weight is 272 g/mol. The van der Waals surface area contributed by atoms with Gasteiger partial charge < -0.3 is 15.0 Å². The Morgan fingerprint density at radius 1 is 1.45 bits per heavy atom. The highest BCUT2D eigenvalue weighted by Crippen LogP contribution is 2.23. The molecule has 5 heteroatoms. The van der Waals surface area contributed by atoms with Crippen LogP contribution in [0.2, 0.25) is 0 Å². The number of phenols is 1. The monoisotopic (exact) mass is 272 g/mol. The van der Waals surface area contributed by atoms with Crippen LogP contribution in [0, 0.1) is 0 Å². The fraction of sp³-hybridized carbons (Fsp3) is 0.400. The van der Waals surface area contributed by atoms with Gasteiger partial charge in [-0.15, -0.1) is 0 Å². The van der Waals surface area contributed by atoms with Crippen molar-refractivity contribution >= 4 is 0 Å². The Morgan fingerprint density at radius 3 is 3.10 bits per heavy atom. The predicted octanol–water partition coefficient (Wildman–Crippen LogP) is 1.27. The zero-order valence-corrected chi connectivity index (χ0v) is 11.7. The van der Waals surface area contributed by atoms with E-state index in [-0.39, 0.29) is 6.04 Å². The van der Waals surface area contributed by atoms with E-state index in [1.165, 1.54) is 0 Å². The molecule has 1 saturated heterocycles. The standard InChI is InChI=1S/C15H20N4O/c1-18-7-6-17-15(18)14-10-16-5-8-19(14)11-12-3-2-4-13(20)9-12/h2-4,6-7,9,14,16,20H,5,8,10-11H2,1H3. The molecule has 0 aliphatic carbocycles. The zero-order chi connectivity index (χ0) is 13.9. The van der Waals surface area contributed by atoms with Gasteiger partial charge in [0.2, 0.25) is 0 Å². The number of phenolic OH excluding ortho intramolecular Hbond substituents is 1. The molecule has 2 N–H and O–H groups in total. The van der Waals surface area contributed by atoms with Crippen LogP contribution in [0.15, 0.2) is 36.7 Å². The first-order valence-electron chi connectivity index (χ1n) is 6.94. The third-order valence-electron chi connectivity index (χ3n) is 3.81. The molecule has 0 bridgehead atoms. The highest BCUT2D eigenvalue weighted by Gasteiger charge is 2.26. The molecule has 0 saturated carbocycles. The molecule has 1 aromatic carbocycles. The van der Waals surface area contributed by atoms with E-state index in [4.69, 9.17) is 0 Å². The van der Waals surface area contributed by atoms with Gasteiger partial charge in [0.25, 0.3) is 0 Å². The summed E-state index contributed by atoms with van der Waals surface area (Å²) in [7, 11) is 2.03. The normalized spacial score (nSPS) is 20.1. The number of imidazole rings is 1. The van der Waals surface area contributed by atoms with Crippen molar-refractivity contribution in [1.82, 2.24) is 19.8 Å². The van der Waals surface area contributed by atoms with Crippen LogP contribution in [0.3, 0.4) is 0 Å². The van der Waals surface area contributed by atoms with Gasteiger partial charge in [-0.05, 0) is 17.7 Å². The van der Waals surface area contributed by atoms with E-state index < -0.39 is 0 Å². The van der Waals surface area contributed by atoms with Crippen LogP contribution in [-0.4, -0.2) is 39.2 Å². The number of aryl methyl sites for hydroxylation is 1. The second-order valence-electron chi connectivity index (χ2n) is 5.26. The molecule has 1 aliphatic heterocycles. The first kappa shape index (κ1) is 13.1. The molecule has 0 spiro atoms. The van der Waals surface area contributed by atoms with E-state index in [2.05, 4.69) is 25.8 Å². The van der Waals surface area contributed by atoms with Crippen LogP contribution < -0.4 is 5.32 Å². The number of piperazine rings is 1. The number of aromatic nitrogens is 2. The SMILES string of the molecule is Cn1ccnc1C1CNCCN1Cc1cccc(O)c1. The minimum Gasteiger partial charge on any atom is -0.508 e. The summed E-state index contributed by atoms with van der Waals surface area (Å²) in [6.07, 6.45) is 3.83. The topological polar surface area (TPSA) is 53.3 Å². The molecule has 1 atom stereocenters. The molecule has 3 rings (SSSR count). The summed E-state index contributed by atoms with van der Waals surface area (Å²) in [4.78, 5) is 6.89. The van der Waals surface area contributed by atoms with E-state index in [0.29, 0.717) is 5.75 Å². The molecule has 20 heavy (non-hydrogen) atoms. The van der Waals surface area contributed by atoms with Crippen LogP contribution in [0.25, 0.3) is 0 Å². The number of aromatic hydroxyl groups is 1. The molecule has 1 aliphatic rings. The smallest absolute Gasteiger partial charge is 0.127 e. The maximum absolute atomic E-state index is 9.59. The summed E-state index contributed by atoms with van der Waals surface area (Å²) in [5.41, 5.74) is 1.13. The van der Waals surface area contributed by atoms with Crippen LogP contribution in [0.5, 0.6) is 5.75 Å². The summed E-state index contributed by atoms with van der Waals surface area (Å²) in [5.74, 6) is 1.41. The van der Waals surface area contributed by atoms with Crippen molar-refractivity contribution in [2.75, 3.05) is 19.6 Å². The van der Waals surface area contributed by atoms with Gasteiger partial charge >= 0.3 is 0 Å². The molecule has 2 aromatic rings. The Bertz CT molecular complexity index is 581. The maximum atomic E-state index is 9.59. The number of rotatable bonds is 3. The second-order valence-corrected chi connectivity index (χ2v) is 5.26. The molecule has 0 amide bonds. The van der Waals surface area contributed by atoms with Gasteiger partial charge in [-0.1, -0.05) is 12.1 Å². The van der Waals surface area contributed by atoms with E-state index in [0.717, 1.165) is 37.6 Å². The third kappa shape index (κ3) is 2.69. The molecule has 2 heterocycles. The van der Waals surface area contributed by atoms with Gasteiger partial charge in [-0.2, -0.15) is 0 Å². The van der Waals surface area contributed by atoms with Crippen molar-refractivity contribution in [1.29, 1.82) is 0 Å². The minimum absolute atomic E-state index is 0.270. The lowest BCUT2D eigenvalue weighted by atomic mass is 10.1. The van der Waals surface area contributed by atoms with Gasteiger partial charge in [0, 0.05) is 45.6 Å². The summed E-state index contributed by atoms with van der Waals surface area (Å²) < 4.78 is 2.08. The van der Waals surface area contributed by atoms with Gasteiger partial charge in [-0.25, -0.2) is 4.98 Å². The van der Waals surface area contributed by atoms with Gasteiger partial charge in [0.1, 0.15) is 11.6 Å². The molecule has 5 nitrogen and oxygen atoms in total. The van der Waals surface area contributed by atoms with Crippen LogP contribution in [0.1, 0.15) is 17.4 Å². The van der Waals surface area contributed by atoms with E-state index in [1.54, 1.807) is 6.07 Å². The van der Waals surface area contributed by atoms with Gasteiger partial charge in [0.05, 0.1) is 6.04 Å². The number of hydrogen-bond acceptors (Lipinski definition) is 4. The van der Waals surface area contributed by atoms with Gasteiger partial charge in [0.15, 0.2) is 0 Å². The molecule has 0 radical (unpaired) electrons. The Morgan fingerprint density at radius 2 is 2.35 bits per heavy atom. The van der Waals surface area contributed by atoms with Crippen LogP contribution >= 0.6 is 0 Å². The van der Waals surface area contributed by atoms with Crippen LogP contribution in [-0.2, 0) is 13.6 Å². The van der Waals surface area contributed by atoms with Crippen molar-refractivity contribution in [3.63, 3.8) is 0 Å². The number of hydrogen-bond donors (Lipinski definition) is 2. The predicted molar refractivity (Wildman–Crippen MR) is 77.3 cm³/mol. The fourth-order valence-electron chi connectivity index (χ4n) is 2.78. The molecular formula is C15H20N4O. The number of nitrogens with zero attached hydrogens (tertiary/aromatic N) is 3. The first-order valence-corrected chi connectivity index (χ1v) is 6.94. The quantitative estimate of drug-likeness (QED) is 0.883. The highest BCUT2D eigenvalue weighted by molar-refractivity contribution is 5.27. The highest BCUT2D eigenvalue weighted by atomic mass is 16.3. The molecule has 1 aromatic heterocycles. The van der Waals surface area contributed by atoms with Crippen molar-refractivity contribution in [3.8, 4) is 5.75 Å². The van der Waals surface area contributed by atoms with E-state index >= 15 is 0 Å². The summed E-state index contributed by atoms with van der Waals surface area (Å²) in [5, 5.41) is 13.0. The van der Waals surface area contributed by atoms with Crippen molar-refractivity contribution < 1.29 is 5.11 Å². The lowest BCUT2D eigenvalue weighted by Gasteiger charge is -2.35. The van der Waals surface area contributed by atoms with Crippen LogP contribution in [0.4, 0.5) is 0 Å². The Hall–Kier alpha value is -1.85. The van der Waals surface area contributed by atoms with E-state index in [9.17, 15) is 5.11 Å². The van der Waals surface area contributed by atoms with Crippen molar-refractivity contribution in [3.05, 3.63) is 48.0 Å². The summed E-state index contributed by atoms with van der Waals surface area (Å²) in [6, 6.07) is 7.75. The Kier molecular flexibility index (Phi) is 3.71. The van der Waals surface area contributed by atoms with E-state index in [1.807, 2.05) is 31.6 Å². The number of nitrogens with one attached hydrogen (secondary N) is 1. The molecule has 1 unspecified atom stereocenters.